The van der Waals surface area contributed by atoms with Crippen molar-refractivity contribution in [2.45, 2.75) is 25.4 Å². The molecule has 1 aromatic rings. The predicted octanol–water partition coefficient (Wildman–Crippen LogP) is 3.65. The molecule has 1 aliphatic rings. The van der Waals surface area contributed by atoms with E-state index in [2.05, 4.69) is 5.32 Å². The summed E-state index contributed by atoms with van der Waals surface area (Å²) in [5, 5.41) is 2.71. The smallest absolute Gasteiger partial charge is 0.381 e. The highest BCUT2D eigenvalue weighted by molar-refractivity contribution is 5.91. The summed E-state index contributed by atoms with van der Waals surface area (Å²) in [7, 11) is 0. The SMILES string of the molecule is O=C(/C=C/c1ccc(C(F)(F)F)cc1)NCCCOCC1CC1. The third-order valence-corrected chi connectivity index (χ3v) is 3.48. The maximum atomic E-state index is 12.4. The number of rotatable bonds is 8. The zero-order valence-corrected chi connectivity index (χ0v) is 12.7. The molecule has 0 atom stereocenters. The van der Waals surface area contributed by atoms with Crippen molar-refractivity contribution in [1.82, 2.24) is 5.32 Å². The number of halogens is 3. The Morgan fingerprint density at radius 1 is 1.26 bits per heavy atom. The molecule has 3 nitrogen and oxygen atoms in total. The largest absolute Gasteiger partial charge is 0.416 e. The number of hydrogen-bond acceptors (Lipinski definition) is 2. The molecule has 1 aromatic carbocycles. The van der Waals surface area contributed by atoms with Crippen LogP contribution in [-0.2, 0) is 15.7 Å². The Kier molecular flexibility index (Phi) is 6.21. The van der Waals surface area contributed by atoms with Gasteiger partial charge in [-0.25, -0.2) is 0 Å². The number of benzene rings is 1. The Balaban J connectivity index is 1.64. The first-order valence-electron chi connectivity index (χ1n) is 7.66. The van der Waals surface area contributed by atoms with Crippen molar-refractivity contribution in [2.75, 3.05) is 19.8 Å². The molecule has 0 aliphatic heterocycles. The minimum atomic E-state index is -4.35. The van der Waals surface area contributed by atoms with Crippen molar-refractivity contribution in [1.29, 1.82) is 0 Å². The van der Waals surface area contributed by atoms with Crippen molar-refractivity contribution < 1.29 is 22.7 Å². The van der Waals surface area contributed by atoms with Crippen LogP contribution in [0.2, 0.25) is 0 Å². The summed E-state index contributed by atoms with van der Waals surface area (Å²) in [6.07, 6.45) is 1.71. The van der Waals surface area contributed by atoms with Gasteiger partial charge in [-0.3, -0.25) is 4.79 Å². The molecule has 0 heterocycles. The van der Waals surface area contributed by atoms with Gasteiger partial charge in [-0.2, -0.15) is 13.2 Å². The lowest BCUT2D eigenvalue weighted by Crippen LogP contribution is -2.23. The first kappa shape index (κ1) is 17.5. The number of nitrogens with one attached hydrogen (secondary N) is 1. The van der Waals surface area contributed by atoms with Gasteiger partial charge in [-0.05, 0) is 49.0 Å². The summed E-state index contributed by atoms with van der Waals surface area (Å²) in [6.45, 7) is 1.95. The highest BCUT2D eigenvalue weighted by Crippen LogP contribution is 2.29. The van der Waals surface area contributed by atoms with E-state index in [9.17, 15) is 18.0 Å². The summed E-state index contributed by atoms with van der Waals surface area (Å²) in [4.78, 5) is 11.6. The number of ether oxygens (including phenoxy) is 1. The van der Waals surface area contributed by atoms with Gasteiger partial charge in [0.05, 0.1) is 5.56 Å². The topological polar surface area (TPSA) is 38.3 Å². The normalized spacial score (nSPS) is 15.1. The molecule has 0 aromatic heterocycles. The van der Waals surface area contributed by atoms with E-state index in [0.29, 0.717) is 18.7 Å². The van der Waals surface area contributed by atoms with E-state index < -0.39 is 11.7 Å². The van der Waals surface area contributed by atoms with E-state index in [1.807, 2.05) is 0 Å². The molecule has 1 N–H and O–H groups in total. The van der Waals surface area contributed by atoms with Crippen LogP contribution in [0.25, 0.3) is 6.08 Å². The van der Waals surface area contributed by atoms with E-state index in [4.69, 9.17) is 4.74 Å². The van der Waals surface area contributed by atoms with E-state index in [0.717, 1.165) is 31.1 Å². The molecular formula is C17H20F3NO2. The molecule has 1 fully saturated rings. The van der Waals surface area contributed by atoms with Crippen LogP contribution in [0, 0.1) is 5.92 Å². The standard InChI is InChI=1S/C17H20F3NO2/c18-17(19,20)15-7-4-13(5-8-15)6-9-16(22)21-10-1-11-23-12-14-2-3-14/h4-9,14H,1-3,10-12H2,(H,21,22)/b9-6+. The van der Waals surface area contributed by atoms with Gasteiger partial charge in [0.2, 0.25) is 5.91 Å². The summed E-state index contributed by atoms with van der Waals surface area (Å²) in [6, 6.07) is 4.65. The van der Waals surface area contributed by atoms with Gasteiger partial charge in [0, 0.05) is 25.8 Å². The van der Waals surface area contributed by atoms with E-state index >= 15 is 0 Å². The molecule has 1 amide bonds. The highest BCUT2D eigenvalue weighted by atomic mass is 19.4. The first-order chi connectivity index (χ1) is 10.9. The molecule has 0 bridgehead atoms. The molecule has 126 valence electrons. The summed E-state index contributed by atoms with van der Waals surface area (Å²) >= 11 is 0. The predicted molar refractivity (Wildman–Crippen MR) is 81.6 cm³/mol. The maximum Gasteiger partial charge on any atom is 0.416 e. The molecule has 0 saturated heterocycles. The highest BCUT2D eigenvalue weighted by Gasteiger charge is 2.29. The number of carbonyl (C=O) groups is 1. The average molecular weight is 327 g/mol. The number of carbonyl (C=O) groups excluding carboxylic acids is 1. The van der Waals surface area contributed by atoms with Crippen molar-refractivity contribution in [3.05, 3.63) is 41.5 Å². The second kappa shape index (κ2) is 8.15. The summed E-state index contributed by atoms with van der Waals surface area (Å²) < 4.78 is 42.7. The van der Waals surface area contributed by atoms with Crippen molar-refractivity contribution >= 4 is 12.0 Å². The van der Waals surface area contributed by atoms with Gasteiger partial charge in [-0.15, -0.1) is 0 Å². The monoisotopic (exact) mass is 327 g/mol. The van der Waals surface area contributed by atoms with Crippen LogP contribution in [0.1, 0.15) is 30.4 Å². The second-order valence-corrected chi connectivity index (χ2v) is 5.62. The van der Waals surface area contributed by atoms with Crippen LogP contribution in [0.15, 0.2) is 30.3 Å². The van der Waals surface area contributed by atoms with Gasteiger partial charge < -0.3 is 10.1 Å². The Hall–Kier alpha value is -1.82. The van der Waals surface area contributed by atoms with Gasteiger partial charge in [0.25, 0.3) is 0 Å². The fraction of sp³-hybridized carbons (Fsp3) is 0.471. The molecule has 2 rings (SSSR count). The van der Waals surface area contributed by atoms with Crippen LogP contribution in [0.3, 0.4) is 0 Å². The van der Waals surface area contributed by atoms with E-state index in [1.54, 1.807) is 0 Å². The lowest BCUT2D eigenvalue weighted by atomic mass is 10.1. The summed E-state index contributed by atoms with van der Waals surface area (Å²) in [5.41, 5.74) is -0.161. The van der Waals surface area contributed by atoms with Crippen LogP contribution >= 0.6 is 0 Å². The number of alkyl halides is 3. The molecule has 0 unspecified atom stereocenters. The Labute approximate surface area is 133 Å². The molecule has 0 radical (unpaired) electrons. The molecular weight excluding hydrogens is 307 g/mol. The van der Waals surface area contributed by atoms with Gasteiger partial charge in [0.1, 0.15) is 0 Å². The van der Waals surface area contributed by atoms with Crippen LogP contribution < -0.4 is 5.32 Å². The van der Waals surface area contributed by atoms with Gasteiger partial charge in [0.15, 0.2) is 0 Å². The first-order valence-corrected chi connectivity index (χ1v) is 7.66. The van der Waals surface area contributed by atoms with Gasteiger partial charge >= 0.3 is 6.18 Å². The lowest BCUT2D eigenvalue weighted by molar-refractivity contribution is -0.137. The third kappa shape index (κ3) is 6.86. The number of amides is 1. The molecule has 23 heavy (non-hydrogen) atoms. The zero-order chi connectivity index (χ0) is 16.7. The van der Waals surface area contributed by atoms with E-state index in [-0.39, 0.29) is 5.91 Å². The fourth-order valence-electron chi connectivity index (χ4n) is 1.93. The Morgan fingerprint density at radius 2 is 1.96 bits per heavy atom. The zero-order valence-electron chi connectivity index (χ0n) is 12.7. The molecule has 1 saturated carbocycles. The second-order valence-electron chi connectivity index (χ2n) is 5.62. The molecule has 6 heteroatoms. The Morgan fingerprint density at radius 3 is 2.57 bits per heavy atom. The summed E-state index contributed by atoms with van der Waals surface area (Å²) in [5.74, 6) is 0.461. The Bertz CT molecular complexity index is 534. The fourth-order valence-corrected chi connectivity index (χ4v) is 1.93. The lowest BCUT2D eigenvalue weighted by Gasteiger charge is -2.06. The molecule has 1 aliphatic carbocycles. The van der Waals surface area contributed by atoms with Crippen LogP contribution in [0.4, 0.5) is 13.2 Å². The quantitative estimate of drug-likeness (QED) is 0.585. The van der Waals surface area contributed by atoms with Crippen molar-refractivity contribution in [3.63, 3.8) is 0 Å². The van der Waals surface area contributed by atoms with Crippen molar-refractivity contribution in [2.24, 2.45) is 5.92 Å². The van der Waals surface area contributed by atoms with E-state index in [1.165, 1.54) is 37.1 Å². The third-order valence-electron chi connectivity index (χ3n) is 3.48. The number of hydrogen-bond donors (Lipinski definition) is 1. The van der Waals surface area contributed by atoms with Gasteiger partial charge in [-0.1, -0.05) is 12.1 Å². The minimum absolute atomic E-state index is 0.271. The maximum absolute atomic E-state index is 12.4. The minimum Gasteiger partial charge on any atom is -0.381 e. The van der Waals surface area contributed by atoms with Crippen LogP contribution in [0.5, 0.6) is 0 Å². The van der Waals surface area contributed by atoms with Crippen LogP contribution in [-0.4, -0.2) is 25.7 Å². The molecule has 0 spiro atoms. The average Bonchev–Trinajstić information content (AvgIpc) is 3.32. The van der Waals surface area contributed by atoms with Crippen molar-refractivity contribution in [3.8, 4) is 0 Å².